The van der Waals surface area contributed by atoms with Crippen molar-refractivity contribution in [1.29, 1.82) is 0 Å². The third-order valence-electron chi connectivity index (χ3n) is 3.07. The van der Waals surface area contributed by atoms with E-state index in [0.29, 0.717) is 11.6 Å². The van der Waals surface area contributed by atoms with E-state index < -0.39 is 0 Å². The quantitative estimate of drug-likeness (QED) is 0.657. The standard InChI is InChI=1S/C13H14N6O2/c1-3-18-8-9(7-15-18)10-4-5-14-13-16-11(17-19(10)13)6-12(20)21-2/h4-5,7-8H,3,6H2,1-2H3. The van der Waals surface area contributed by atoms with Gasteiger partial charge in [0.1, 0.15) is 6.42 Å². The predicted octanol–water partition coefficient (Wildman–Crippen LogP) is 0.723. The van der Waals surface area contributed by atoms with Gasteiger partial charge in [-0.15, -0.1) is 5.10 Å². The van der Waals surface area contributed by atoms with E-state index in [0.717, 1.165) is 17.8 Å². The van der Waals surface area contributed by atoms with Crippen molar-refractivity contribution < 1.29 is 9.53 Å². The number of carbonyl (C=O) groups excluding carboxylic acids is 1. The Morgan fingerprint density at radius 3 is 3.00 bits per heavy atom. The Labute approximate surface area is 120 Å². The first kappa shape index (κ1) is 13.2. The van der Waals surface area contributed by atoms with Crippen molar-refractivity contribution in [3.05, 3.63) is 30.5 Å². The summed E-state index contributed by atoms with van der Waals surface area (Å²) in [4.78, 5) is 19.7. The average molecular weight is 286 g/mol. The largest absolute Gasteiger partial charge is 0.469 e. The molecule has 0 saturated heterocycles. The van der Waals surface area contributed by atoms with Gasteiger partial charge in [-0.1, -0.05) is 0 Å². The predicted molar refractivity (Wildman–Crippen MR) is 73.4 cm³/mol. The monoisotopic (exact) mass is 286 g/mol. The Morgan fingerprint density at radius 1 is 1.43 bits per heavy atom. The number of methoxy groups -OCH3 is 1. The van der Waals surface area contributed by atoms with E-state index in [4.69, 9.17) is 0 Å². The number of aromatic nitrogens is 6. The molecule has 8 nitrogen and oxygen atoms in total. The highest BCUT2D eigenvalue weighted by Crippen LogP contribution is 2.18. The molecule has 0 unspecified atom stereocenters. The number of esters is 1. The maximum Gasteiger partial charge on any atom is 0.313 e. The average Bonchev–Trinajstić information content (AvgIpc) is 3.12. The summed E-state index contributed by atoms with van der Waals surface area (Å²) in [6.45, 7) is 2.81. The zero-order valence-corrected chi connectivity index (χ0v) is 11.7. The van der Waals surface area contributed by atoms with Crippen molar-refractivity contribution in [2.75, 3.05) is 7.11 Å². The second kappa shape index (κ2) is 5.31. The van der Waals surface area contributed by atoms with E-state index in [2.05, 4.69) is 24.9 Å². The Hall–Kier alpha value is -2.77. The van der Waals surface area contributed by atoms with E-state index in [1.54, 1.807) is 16.9 Å². The van der Waals surface area contributed by atoms with E-state index in [-0.39, 0.29) is 12.4 Å². The molecule has 0 spiro atoms. The molecule has 0 fully saturated rings. The second-order valence-corrected chi connectivity index (χ2v) is 4.41. The van der Waals surface area contributed by atoms with Crippen molar-refractivity contribution in [1.82, 2.24) is 29.4 Å². The lowest BCUT2D eigenvalue weighted by Gasteiger charge is -1.99. The molecule has 3 heterocycles. The normalized spacial score (nSPS) is 11.0. The first-order valence-corrected chi connectivity index (χ1v) is 6.51. The number of nitrogens with zero attached hydrogens (tertiary/aromatic N) is 6. The molecule has 0 aliphatic heterocycles. The van der Waals surface area contributed by atoms with Gasteiger partial charge in [-0.3, -0.25) is 9.48 Å². The molecule has 0 amide bonds. The van der Waals surface area contributed by atoms with Gasteiger partial charge in [0.2, 0.25) is 0 Å². The highest BCUT2D eigenvalue weighted by atomic mass is 16.5. The van der Waals surface area contributed by atoms with Crippen LogP contribution < -0.4 is 0 Å². The zero-order chi connectivity index (χ0) is 14.8. The summed E-state index contributed by atoms with van der Waals surface area (Å²) in [6.07, 6.45) is 5.37. The van der Waals surface area contributed by atoms with Gasteiger partial charge < -0.3 is 4.74 Å². The van der Waals surface area contributed by atoms with Crippen LogP contribution in [0.5, 0.6) is 0 Å². The van der Waals surface area contributed by atoms with Crippen molar-refractivity contribution in [2.24, 2.45) is 0 Å². The van der Waals surface area contributed by atoms with Crippen LogP contribution in [0.15, 0.2) is 24.7 Å². The summed E-state index contributed by atoms with van der Waals surface area (Å²) in [5.41, 5.74) is 1.74. The molecule has 0 bridgehead atoms. The smallest absolute Gasteiger partial charge is 0.313 e. The van der Waals surface area contributed by atoms with Gasteiger partial charge >= 0.3 is 5.97 Å². The molecular formula is C13H14N6O2. The zero-order valence-electron chi connectivity index (χ0n) is 11.7. The number of aryl methyl sites for hydroxylation is 1. The number of rotatable bonds is 4. The van der Waals surface area contributed by atoms with Crippen LogP contribution in [0.25, 0.3) is 17.0 Å². The van der Waals surface area contributed by atoms with Crippen molar-refractivity contribution in [3.8, 4) is 11.3 Å². The minimum Gasteiger partial charge on any atom is -0.469 e. The summed E-state index contributed by atoms with van der Waals surface area (Å²) < 4.78 is 8.05. The topological polar surface area (TPSA) is 87.2 Å². The second-order valence-electron chi connectivity index (χ2n) is 4.41. The van der Waals surface area contributed by atoms with Crippen LogP contribution in [0, 0.1) is 0 Å². The third kappa shape index (κ3) is 2.47. The fourth-order valence-corrected chi connectivity index (χ4v) is 2.00. The number of hydrogen-bond acceptors (Lipinski definition) is 6. The molecule has 0 N–H and O–H groups in total. The van der Waals surface area contributed by atoms with Crippen LogP contribution in [0.1, 0.15) is 12.7 Å². The third-order valence-corrected chi connectivity index (χ3v) is 3.07. The van der Waals surface area contributed by atoms with Gasteiger partial charge in [-0.25, -0.2) is 4.98 Å². The van der Waals surface area contributed by atoms with Crippen LogP contribution in [0.3, 0.4) is 0 Å². The fraction of sp³-hybridized carbons (Fsp3) is 0.308. The van der Waals surface area contributed by atoms with Crippen molar-refractivity contribution in [2.45, 2.75) is 19.9 Å². The summed E-state index contributed by atoms with van der Waals surface area (Å²) in [5.74, 6) is 0.437. The Bertz CT molecular complexity index is 791. The van der Waals surface area contributed by atoms with Gasteiger partial charge in [0.25, 0.3) is 5.78 Å². The first-order valence-electron chi connectivity index (χ1n) is 6.51. The van der Waals surface area contributed by atoms with Gasteiger partial charge in [0.05, 0.1) is 19.0 Å². The van der Waals surface area contributed by atoms with E-state index >= 15 is 0 Å². The summed E-state index contributed by atoms with van der Waals surface area (Å²) >= 11 is 0. The highest BCUT2D eigenvalue weighted by Gasteiger charge is 2.13. The molecule has 108 valence electrons. The fourth-order valence-electron chi connectivity index (χ4n) is 2.00. The number of hydrogen-bond donors (Lipinski definition) is 0. The molecule has 3 aromatic heterocycles. The van der Waals surface area contributed by atoms with E-state index in [1.165, 1.54) is 7.11 Å². The molecular weight excluding hydrogens is 272 g/mol. The molecule has 3 aromatic rings. The Kier molecular flexibility index (Phi) is 3.35. The van der Waals surface area contributed by atoms with Gasteiger partial charge in [-0.05, 0) is 13.0 Å². The van der Waals surface area contributed by atoms with Crippen LogP contribution in [-0.4, -0.2) is 42.4 Å². The molecule has 21 heavy (non-hydrogen) atoms. The van der Waals surface area contributed by atoms with Crippen LogP contribution in [0.4, 0.5) is 0 Å². The van der Waals surface area contributed by atoms with Crippen LogP contribution >= 0.6 is 0 Å². The van der Waals surface area contributed by atoms with Crippen molar-refractivity contribution >= 4 is 11.7 Å². The highest BCUT2D eigenvalue weighted by molar-refractivity contribution is 5.71. The maximum absolute atomic E-state index is 11.3. The number of fused-ring (bicyclic) bond motifs is 1. The number of carbonyl (C=O) groups is 1. The Morgan fingerprint density at radius 2 is 2.29 bits per heavy atom. The number of ether oxygens (including phenoxy) is 1. The summed E-state index contributed by atoms with van der Waals surface area (Å²) in [7, 11) is 1.33. The van der Waals surface area contributed by atoms with Gasteiger partial charge in [0.15, 0.2) is 5.82 Å². The van der Waals surface area contributed by atoms with Gasteiger partial charge in [0, 0.05) is 24.5 Å². The molecule has 0 saturated carbocycles. The van der Waals surface area contributed by atoms with Gasteiger partial charge in [-0.2, -0.15) is 14.6 Å². The SMILES string of the molecule is CCn1cc(-c2ccnc3nc(CC(=O)OC)nn23)cn1. The summed E-state index contributed by atoms with van der Waals surface area (Å²) in [6, 6.07) is 1.83. The van der Waals surface area contributed by atoms with Crippen LogP contribution in [-0.2, 0) is 22.5 Å². The Balaban J connectivity index is 2.04. The minimum atomic E-state index is -0.383. The molecule has 0 aliphatic rings. The molecule has 0 aliphatic carbocycles. The summed E-state index contributed by atoms with van der Waals surface area (Å²) in [5, 5.41) is 8.56. The van der Waals surface area contributed by atoms with E-state index in [1.807, 2.05) is 23.9 Å². The molecule has 3 rings (SSSR count). The lowest BCUT2D eigenvalue weighted by Crippen LogP contribution is -2.06. The molecule has 0 radical (unpaired) electrons. The first-order chi connectivity index (χ1) is 10.2. The maximum atomic E-state index is 11.3. The van der Waals surface area contributed by atoms with Crippen LogP contribution in [0.2, 0.25) is 0 Å². The molecule has 8 heteroatoms. The lowest BCUT2D eigenvalue weighted by molar-refractivity contribution is -0.139. The van der Waals surface area contributed by atoms with E-state index in [9.17, 15) is 4.79 Å². The molecule has 0 aromatic carbocycles. The lowest BCUT2D eigenvalue weighted by atomic mass is 10.2. The van der Waals surface area contributed by atoms with Crippen molar-refractivity contribution in [3.63, 3.8) is 0 Å². The molecule has 0 atom stereocenters. The minimum absolute atomic E-state index is 0.0214.